The van der Waals surface area contributed by atoms with Crippen molar-refractivity contribution in [2.75, 3.05) is 26.2 Å². The Bertz CT molecular complexity index is 459. The molecule has 0 aromatic heterocycles. The van der Waals surface area contributed by atoms with Crippen molar-refractivity contribution in [2.24, 2.45) is 5.41 Å². The lowest BCUT2D eigenvalue weighted by molar-refractivity contribution is 0.0856. The number of benzene rings is 1. The predicted molar refractivity (Wildman–Crippen MR) is 80.2 cm³/mol. The Morgan fingerprint density at radius 2 is 1.52 bits per heavy atom. The second-order valence-electron chi connectivity index (χ2n) is 6.35. The summed E-state index contributed by atoms with van der Waals surface area (Å²) in [7, 11) is 0. The third-order valence-corrected chi connectivity index (χ3v) is 3.66. The van der Waals surface area contributed by atoms with Gasteiger partial charge >= 0.3 is 0 Å². The van der Waals surface area contributed by atoms with Crippen LogP contribution >= 0.6 is 12.4 Å². The predicted octanol–water partition coefficient (Wildman–Crippen LogP) is 3.52. The summed E-state index contributed by atoms with van der Waals surface area (Å²) in [6.07, 6.45) is 0. The maximum Gasteiger partial charge on any atom is 0.194 e. The van der Waals surface area contributed by atoms with E-state index in [1.165, 1.54) is 0 Å². The number of nitrogens with zero attached hydrogens (tertiary/aromatic N) is 1. The highest BCUT2D eigenvalue weighted by Crippen LogP contribution is 2.38. The Balaban J connectivity index is 0.00000220. The van der Waals surface area contributed by atoms with E-state index in [1.807, 2.05) is 20.8 Å². The maximum absolute atomic E-state index is 13.5. The first-order chi connectivity index (χ1) is 9.30. The Labute approximate surface area is 130 Å². The Morgan fingerprint density at radius 1 is 1.05 bits per heavy atom. The summed E-state index contributed by atoms with van der Waals surface area (Å²) >= 11 is 0. The van der Waals surface area contributed by atoms with Crippen molar-refractivity contribution >= 4 is 12.4 Å². The van der Waals surface area contributed by atoms with Crippen molar-refractivity contribution in [1.82, 2.24) is 10.2 Å². The first kappa shape index (κ1) is 18.3. The van der Waals surface area contributed by atoms with Crippen LogP contribution in [0.15, 0.2) is 12.1 Å². The van der Waals surface area contributed by atoms with E-state index in [0.717, 1.165) is 38.3 Å². The van der Waals surface area contributed by atoms with Crippen LogP contribution in [0.25, 0.3) is 0 Å². The molecule has 1 heterocycles. The molecule has 1 atom stereocenters. The highest BCUT2D eigenvalue weighted by Gasteiger charge is 2.33. The molecule has 0 radical (unpaired) electrons. The monoisotopic (exact) mass is 322 g/mol. The number of rotatable bonds is 2. The second kappa shape index (κ2) is 6.99. The summed E-state index contributed by atoms with van der Waals surface area (Å²) in [4.78, 5) is 2.20. The quantitative estimate of drug-likeness (QED) is 0.838. The molecule has 2 rings (SSSR count). The van der Waals surface area contributed by atoms with Gasteiger partial charge in [0.2, 0.25) is 0 Å². The molecular formula is C15H22ClF3N2. The summed E-state index contributed by atoms with van der Waals surface area (Å²) in [5, 5.41) is 3.25. The van der Waals surface area contributed by atoms with E-state index in [2.05, 4.69) is 10.2 Å². The van der Waals surface area contributed by atoms with Crippen LogP contribution < -0.4 is 5.32 Å². The van der Waals surface area contributed by atoms with Crippen LogP contribution in [0.4, 0.5) is 13.2 Å². The first-order valence-electron chi connectivity index (χ1n) is 6.90. The molecule has 0 bridgehead atoms. The third kappa shape index (κ3) is 4.11. The molecule has 6 heteroatoms. The molecular weight excluding hydrogens is 301 g/mol. The summed E-state index contributed by atoms with van der Waals surface area (Å²) in [6, 6.07) is 2.10. The lowest BCUT2D eigenvalue weighted by atomic mass is 9.81. The van der Waals surface area contributed by atoms with E-state index in [-0.39, 0.29) is 23.9 Å². The molecule has 2 nitrogen and oxygen atoms in total. The average molecular weight is 323 g/mol. The Kier molecular flexibility index (Phi) is 6.08. The second-order valence-corrected chi connectivity index (χ2v) is 6.35. The average Bonchev–Trinajstić information content (AvgIpc) is 2.35. The van der Waals surface area contributed by atoms with Gasteiger partial charge in [0.05, 0.1) is 0 Å². The zero-order chi connectivity index (χ0) is 14.9. The molecule has 120 valence electrons. The first-order valence-corrected chi connectivity index (χ1v) is 6.90. The SMILES string of the molecule is CC(C)(C)[C@@H](c1cc(F)c(F)c(F)c1)N1CCNCC1.Cl. The van der Waals surface area contributed by atoms with Crippen molar-refractivity contribution in [1.29, 1.82) is 0 Å². The molecule has 1 aromatic carbocycles. The van der Waals surface area contributed by atoms with Crippen LogP contribution in [-0.4, -0.2) is 31.1 Å². The van der Waals surface area contributed by atoms with Crippen molar-refractivity contribution in [2.45, 2.75) is 26.8 Å². The fourth-order valence-electron chi connectivity index (χ4n) is 2.93. The van der Waals surface area contributed by atoms with Gasteiger partial charge in [-0.3, -0.25) is 4.90 Å². The van der Waals surface area contributed by atoms with Gasteiger partial charge in [-0.05, 0) is 23.1 Å². The number of hydrogen-bond acceptors (Lipinski definition) is 2. The highest BCUT2D eigenvalue weighted by atomic mass is 35.5. The normalized spacial score (nSPS) is 18.2. The van der Waals surface area contributed by atoms with Crippen LogP contribution in [0.3, 0.4) is 0 Å². The van der Waals surface area contributed by atoms with Crippen molar-refractivity contribution in [3.05, 3.63) is 35.1 Å². The Hall–Kier alpha value is -0.780. The van der Waals surface area contributed by atoms with Gasteiger partial charge in [-0.15, -0.1) is 12.4 Å². The van der Waals surface area contributed by atoms with Gasteiger partial charge in [0, 0.05) is 32.2 Å². The van der Waals surface area contributed by atoms with Crippen molar-refractivity contribution < 1.29 is 13.2 Å². The topological polar surface area (TPSA) is 15.3 Å². The molecule has 1 aromatic rings. The number of halogens is 4. The van der Waals surface area contributed by atoms with Crippen LogP contribution in [0, 0.1) is 22.9 Å². The fourth-order valence-corrected chi connectivity index (χ4v) is 2.93. The minimum absolute atomic E-state index is 0. The minimum atomic E-state index is -1.40. The van der Waals surface area contributed by atoms with Gasteiger partial charge in [0.15, 0.2) is 17.5 Å². The summed E-state index contributed by atoms with van der Waals surface area (Å²) in [5.74, 6) is -3.64. The zero-order valence-corrected chi connectivity index (χ0v) is 13.4. The van der Waals surface area contributed by atoms with Crippen LogP contribution in [0.5, 0.6) is 0 Å². The van der Waals surface area contributed by atoms with E-state index >= 15 is 0 Å². The number of hydrogen-bond donors (Lipinski definition) is 1. The van der Waals surface area contributed by atoms with Crippen LogP contribution in [0.2, 0.25) is 0 Å². The standard InChI is InChI=1S/C15H21F3N2.ClH/c1-15(2,3)14(20-6-4-19-5-7-20)10-8-11(16)13(18)12(17)9-10;/h8-9,14,19H,4-7H2,1-3H3;1H/t14-;/m1./s1. The smallest absolute Gasteiger partial charge is 0.194 e. The largest absolute Gasteiger partial charge is 0.314 e. The molecule has 0 unspecified atom stereocenters. The summed E-state index contributed by atoms with van der Waals surface area (Å²) in [6.45, 7) is 9.39. The van der Waals surface area contributed by atoms with E-state index in [4.69, 9.17) is 0 Å². The number of nitrogens with one attached hydrogen (secondary N) is 1. The molecule has 1 aliphatic heterocycles. The minimum Gasteiger partial charge on any atom is -0.314 e. The molecule has 1 fully saturated rings. The Morgan fingerprint density at radius 3 is 1.95 bits per heavy atom. The molecule has 1 aliphatic rings. The van der Waals surface area contributed by atoms with Gasteiger partial charge in [-0.25, -0.2) is 13.2 Å². The summed E-state index contributed by atoms with van der Waals surface area (Å²) < 4.78 is 40.2. The third-order valence-electron chi connectivity index (χ3n) is 3.66. The van der Waals surface area contributed by atoms with Gasteiger partial charge in [-0.1, -0.05) is 20.8 Å². The van der Waals surface area contributed by atoms with E-state index in [0.29, 0.717) is 5.56 Å². The molecule has 0 amide bonds. The molecule has 1 saturated heterocycles. The highest BCUT2D eigenvalue weighted by molar-refractivity contribution is 5.85. The molecule has 1 N–H and O–H groups in total. The maximum atomic E-state index is 13.5. The van der Waals surface area contributed by atoms with Crippen LogP contribution in [0.1, 0.15) is 32.4 Å². The van der Waals surface area contributed by atoms with Gasteiger partial charge in [0.1, 0.15) is 0 Å². The molecule has 0 spiro atoms. The van der Waals surface area contributed by atoms with Crippen LogP contribution in [-0.2, 0) is 0 Å². The fraction of sp³-hybridized carbons (Fsp3) is 0.600. The number of piperazine rings is 1. The molecule has 21 heavy (non-hydrogen) atoms. The van der Waals surface area contributed by atoms with Crippen molar-refractivity contribution in [3.63, 3.8) is 0 Å². The van der Waals surface area contributed by atoms with Gasteiger partial charge in [0.25, 0.3) is 0 Å². The van der Waals surface area contributed by atoms with Gasteiger partial charge in [-0.2, -0.15) is 0 Å². The van der Waals surface area contributed by atoms with Crippen molar-refractivity contribution in [3.8, 4) is 0 Å². The lowest BCUT2D eigenvalue weighted by Gasteiger charge is -2.42. The van der Waals surface area contributed by atoms with E-state index in [9.17, 15) is 13.2 Å². The summed E-state index contributed by atoms with van der Waals surface area (Å²) in [5.41, 5.74) is 0.296. The molecule has 0 saturated carbocycles. The lowest BCUT2D eigenvalue weighted by Crippen LogP contribution is -2.48. The van der Waals surface area contributed by atoms with E-state index < -0.39 is 17.5 Å². The molecule has 0 aliphatic carbocycles. The van der Waals surface area contributed by atoms with Gasteiger partial charge < -0.3 is 5.32 Å². The van der Waals surface area contributed by atoms with E-state index in [1.54, 1.807) is 0 Å². The zero-order valence-electron chi connectivity index (χ0n) is 12.5.